The van der Waals surface area contributed by atoms with Crippen molar-refractivity contribution in [2.24, 2.45) is 0 Å². The van der Waals surface area contributed by atoms with Gasteiger partial charge in [0.25, 0.3) is 11.8 Å². The summed E-state index contributed by atoms with van der Waals surface area (Å²) in [5.41, 5.74) is 2.03. The van der Waals surface area contributed by atoms with Gasteiger partial charge in [0.15, 0.2) is 0 Å². The highest BCUT2D eigenvalue weighted by atomic mass is 35.5. The molecule has 28 heavy (non-hydrogen) atoms. The van der Waals surface area contributed by atoms with Crippen LogP contribution in [-0.4, -0.2) is 36.0 Å². The largest absolute Gasteiger partial charge is 0.332 e. The molecule has 1 saturated carbocycles. The highest BCUT2D eigenvalue weighted by Gasteiger charge is 2.24. The first-order valence-electron chi connectivity index (χ1n) is 9.52. The van der Waals surface area contributed by atoms with Crippen molar-refractivity contribution in [2.75, 3.05) is 11.4 Å². The second-order valence-electron chi connectivity index (χ2n) is 7.42. The number of imidazole rings is 1. The molecule has 0 spiro atoms. The minimum Gasteiger partial charge on any atom is -0.332 e. The third kappa shape index (κ3) is 2.44. The highest BCUT2D eigenvalue weighted by molar-refractivity contribution is 6.29. The number of nitrogens with zero attached hydrogens (tertiary/aromatic N) is 7. The van der Waals surface area contributed by atoms with Gasteiger partial charge in [-0.05, 0) is 36.6 Å². The Kier molecular flexibility index (Phi) is 3.49. The van der Waals surface area contributed by atoms with Gasteiger partial charge in [-0.1, -0.05) is 17.7 Å². The lowest BCUT2D eigenvalue weighted by molar-refractivity contribution is 0.297. The molecule has 1 aromatic carbocycles. The Morgan fingerprint density at radius 3 is 2.93 bits per heavy atom. The third-order valence-electron chi connectivity index (χ3n) is 5.78. The zero-order chi connectivity index (χ0) is 18.7. The van der Waals surface area contributed by atoms with Crippen molar-refractivity contribution in [3.63, 3.8) is 0 Å². The number of fused-ring (bicyclic) bond motifs is 2. The first kappa shape index (κ1) is 16.1. The summed E-state index contributed by atoms with van der Waals surface area (Å²) in [5, 5.41) is 10.6. The zero-order valence-electron chi connectivity index (χ0n) is 15.1. The number of aromatic nitrogens is 6. The normalized spacial score (nSPS) is 17.1. The van der Waals surface area contributed by atoms with Crippen LogP contribution in [0.2, 0.25) is 5.15 Å². The van der Waals surface area contributed by atoms with Gasteiger partial charge in [0, 0.05) is 24.0 Å². The molecule has 9 heteroatoms. The lowest BCUT2D eigenvalue weighted by Gasteiger charge is -2.26. The molecule has 0 unspecified atom stereocenters. The fourth-order valence-electron chi connectivity index (χ4n) is 3.95. The van der Waals surface area contributed by atoms with E-state index in [2.05, 4.69) is 41.9 Å². The maximum absolute atomic E-state index is 6.15. The van der Waals surface area contributed by atoms with Crippen LogP contribution in [-0.2, 0) is 13.1 Å². The van der Waals surface area contributed by atoms with Crippen molar-refractivity contribution in [1.29, 1.82) is 0 Å². The Balaban J connectivity index is 1.31. The molecule has 0 bridgehead atoms. The van der Waals surface area contributed by atoms with Crippen molar-refractivity contribution < 1.29 is 4.52 Å². The lowest BCUT2D eigenvalue weighted by Crippen LogP contribution is -2.34. The van der Waals surface area contributed by atoms with E-state index in [1.54, 1.807) is 6.20 Å². The van der Waals surface area contributed by atoms with E-state index in [1.165, 1.54) is 19.3 Å². The monoisotopic (exact) mass is 395 g/mol. The summed E-state index contributed by atoms with van der Waals surface area (Å²) in [7, 11) is 0. The number of benzene rings is 1. The molecule has 0 radical (unpaired) electrons. The Bertz CT molecular complexity index is 1170. The van der Waals surface area contributed by atoms with Gasteiger partial charge in [-0.25, -0.2) is 4.98 Å². The zero-order valence-corrected chi connectivity index (χ0v) is 15.9. The summed E-state index contributed by atoms with van der Waals surface area (Å²) in [6.45, 7) is 2.12. The summed E-state index contributed by atoms with van der Waals surface area (Å²) in [4.78, 5) is 11.0. The molecular weight excluding hydrogens is 378 g/mol. The van der Waals surface area contributed by atoms with Crippen molar-refractivity contribution >= 4 is 28.5 Å². The van der Waals surface area contributed by atoms with Gasteiger partial charge >= 0.3 is 0 Å². The van der Waals surface area contributed by atoms with Crippen LogP contribution >= 0.6 is 11.6 Å². The molecule has 4 heterocycles. The molecule has 4 aromatic rings. The minimum absolute atomic E-state index is 0.509. The van der Waals surface area contributed by atoms with Crippen LogP contribution in [0.3, 0.4) is 0 Å². The summed E-state index contributed by atoms with van der Waals surface area (Å²) in [5.74, 6) is 2.01. The third-order valence-corrected chi connectivity index (χ3v) is 6.08. The quantitative estimate of drug-likeness (QED) is 0.526. The summed E-state index contributed by atoms with van der Waals surface area (Å²) >= 11 is 6.15. The average molecular weight is 396 g/mol. The van der Waals surface area contributed by atoms with Gasteiger partial charge in [-0.15, -0.1) is 0 Å². The minimum atomic E-state index is 0.509. The molecule has 8 nitrogen and oxygen atoms in total. The highest BCUT2D eigenvalue weighted by Crippen LogP contribution is 2.34. The predicted molar refractivity (Wildman–Crippen MR) is 104 cm³/mol. The standard InChI is InChI=1S/C19H18ClN7O/c20-16-10-21-17-11-25(6-7-26(16)17)19-23-18(28-24-19)12-4-5-13-9-22-27(15(13)8-12)14-2-1-3-14/h4-5,8-10,14H,1-3,6-7,11H2. The second kappa shape index (κ2) is 6.07. The van der Waals surface area contributed by atoms with Crippen molar-refractivity contribution in [1.82, 2.24) is 29.5 Å². The maximum atomic E-state index is 6.15. The fraction of sp³-hybridized carbons (Fsp3) is 0.368. The van der Waals surface area contributed by atoms with Crippen LogP contribution in [0.1, 0.15) is 31.1 Å². The topological polar surface area (TPSA) is 77.8 Å². The number of hydrogen-bond acceptors (Lipinski definition) is 6. The molecular formula is C19H18ClN7O. The molecule has 6 rings (SSSR count). The van der Waals surface area contributed by atoms with Crippen LogP contribution in [0.25, 0.3) is 22.4 Å². The van der Waals surface area contributed by atoms with E-state index < -0.39 is 0 Å². The molecule has 1 aliphatic heterocycles. The molecule has 2 aliphatic rings. The first-order chi connectivity index (χ1) is 13.8. The van der Waals surface area contributed by atoms with Gasteiger partial charge in [0.2, 0.25) is 0 Å². The number of anilines is 1. The van der Waals surface area contributed by atoms with Crippen LogP contribution < -0.4 is 4.90 Å². The average Bonchev–Trinajstić information content (AvgIpc) is 3.39. The molecule has 1 fully saturated rings. The molecule has 0 amide bonds. The molecule has 0 saturated heterocycles. The molecule has 1 aliphatic carbocycles. The fourth-order valence-corrected chi connectivity index (χ4v) is 4.18. The molecule has 0 atom stereocenters. The smallest absolute Gasteiger partial charge is 0.266 e. The van der Waals surface area contributed by atoms with E-state index in [9.17, 15) is 0 Å². The maximum Gasteiger partial charge on any atom is 0.266 e. The summed E-state index contributed by atoms with van der Waals surface area (Å²) < 4.78 is 9.72. The first-order valence-corrected chi connectivity index (χ1v) is 9.90. The van der Waals surface area contributed by atoms with Gasteiger partial charge in [-0.3, -0.25) is 4.68 Å². The van der Waals surface area contributed by atoms with E-state index in [1.807, 2.05) is 16.8 Å². The van der Waals surface area contributed by atoms with E-state index in [-0.39, 0.29) is 0 Å². The van der Waals surface area contributed by atoms with Gasteiger partial charge < -0.3 is 14.0 Å². The Hall–Kier alpha value is -2.87. The van der Waals surface area contributed by atoms with Crippen LogP contribution in [0.5, 0.6) is 0 Å². The summed E-state index contributed by atoms with van der Waals surface area (Å²) in [6.07, 6.45) is 7.28. The Morgan fingerprint density at radius 2 is 2.07 bits per heavy atom. The van der Waals surface area contributed by atoms with E-state index in [0.29, 0.717) is 29.6 Å². The second-order valence-corrected chi connectivity index (χ2v) is 7.80. The van der Waals surface area contributed by atoms with E-state index in [4.69, 9.17) is 16.1 Å². The van der Waals surface area contributed by atoms with Crippen LogP contribution in [0.15, 0.2) is 35.1 Å². The Labute approximate surface area is 165 Å². The number of rotatable bonds is 3. The van der Waals surface area contributed by atoms with Gasteiger partial charge in [0.1, 0.15) is 11.0 Å². The molecule has 0 N–H and O–H groups in total. The van der Waals surface area contributed by atoms with Crippen LogP contribution in [0, 0.1) is 0 Å². The number of halogens is 1. The predicted octanol–water partition coefficient (Wildman–Crippen LogP) is 3.68. The lowest BCUT2D eigenvalue weighted by atomic mass is 9.93. The van der Waals surface area contributed by atoms with Crippen molar-refractivity contribution in [2.45, 2.75) is 38.4 Å². The summed E-state index contributed by atoms with van der Waals surface area (Å²) in [6, 6.07) is 6.68. The SMILES string of the molecule is Clc1cnc2n1CCN(c1noc(-c3ccc4cnn(C5CCC5)c4c3)n1)C2. The van der Waals surface area contributed by atoms with E-state index >= 15 is 0 Å². The van der Waals surface area contributed by atoms with Crippen molar-refractivity contribution in [3.05, 3.63) is 41.6 Å². The van der Waals surface area contributed by atoms with Gasteiger partial charge in [-0.2, -0.15) is 10.1 Å². The molecule has 3 aromatic heterocycles. The van der Waals surface area contributed by atoms with Crippen LogP contribution in [0.4, 0.5) is 5.95 Å². The molecule has 142 valence electrons. The van der Waals surface area contributed by atoms with Gasteiger partial charge in [0.05, 0.1) is 30.5 Å². The van der Waals surface area contributed by atoms with Crippen molar-refractivity contribution in [3.8, 4) is 11.5 Å². The Morgan fingerprint density at radius 1 is 1.14 bits per heavy atom. The number of hydrogen-bond donors (Lipinski definition) is 0. The van der Waals surface area contributed by atoms with E-state index in [0.717, 1.165) is 35.4 Å².